The molecule has 0 radical (unpaired) electrons. The molecule has 3 N–H and O–H groups in total. The molecule has 0 atom stereocenters. The van der Waals surface area contributed by atoms with Gasteiger partial charge in [-0.1, -0.05) is 23.2 Å². The number of nitrogens with two attached hydrogens (primary N) is 1. The van der Waals surface area contributed by atoms with E-state index in [9.17, 15) is 4.79 Å². The number of hydrogen-bond acceptors (Lipinski definition) is 5. The highest BCUT2D eigenvalue weighted by Crippen LogP contribution is 2.17. The van der Waals surface area contributed by atoms with Crippen LogP contribution >= 0.6 is 11.3 Å². The summed E-state index contributed by atoms with van der Waals surface area (Å²) in [6.45, 7) is 0.302. The Morgan fingerprint density at radius 2 is 2.22 bits per heavy atom. The van der Waals surface area contributed by atoms with E-state index in [1.807, 2.05) is 0 Å². The topological polar surface area (TPSA) is 80.9 Å². The standard InChI is InChI=1S/C12H10N4OS/c13-5-1-2-10-8-15-12(18-10)16-11(17)9-3-6-14-7-4-9/h3-4,6-8H,5,13H2,(H,15,16,17). The molecule has 2 aromatic heterocycles. The van der Waals surface area contributed by atoms with Gasteiger partial charge in [-0.05, 0) is 12.1 Å². The third-order valence-corrected chi connectivity index (χ3v) is 2.81. The largest absolute Gasteiger partial charge is 0.320 e. The molecule has 0 saturated carbocycles. The van der Waals surface area contributed by atoms with Gasteiger partial charge in [-0.3, -0.25) is 15.1 Å². The van der Waals surface area contributed by atoms with Crippen molar-refractivity contribution in [3.8, 4) is 11.8 Å². The zero-order valence-electron chi connectivity index (χ0n) is 9.38. The van der Waals surface area contributed by atoms with Crippen LogP contribution in [0.3, 0.4) is 0 Å². The summed E-state index contributed by atoms with van der Waals surface area (Å²) in [4.78, 5) is 20.5. The smallest absolute Gasteiger partial charge is 0.257 e. The quantitative estimate of drug-likeness (QED) is 0.790. The van der Waals surface area contributed by atoms with Gasteiger partial charge in [-0.25, -0.2) is 4.98 Å². The number of aromatic nitrogens is 2. The molecule has 6 heteroatoms. The second-order valence-electron chi connectivity index (χ2n) is 3.23. The Morgan fingerprint density at radius 1 is 1.44 bits per heavy atom. The van der Waals surface area contributed by atoms with Gasteiger partial charge in [0.25, 0.3) is 5.91 Å². The zero-order chi connectivity index (χ0) is 12.8. The fourth-order valence-electron chi connectivity index (χ4n) is 1.20. The summed E-state index contributed by atoms with van der Waals surface area (Å²) in [5.74, 6) is 5.37. The fraction of sp³-hybridized carbons (Fsp3) is 0.0833. The molecule has 0 aliphatic rings. The summed E-state index contributed by atoms with van der Waals surface area (Å²) in [5, 5.41) is 3.21. The summed E-state index contributed by atoms with van der Waals surface area (Å²) >= 11 is 1.31. The Morgan fingerprint density at radius 3 is 2.94 bits per heavy atom. The number of rotatable bonds is 2. The van der Waals surface area contributed by atoms with E-state index >= 15 is 0 Å². The Hall–Kier alpha value is -2.23. The first kappa shape index (κ1) is 12.2. The van der Waals surface area contributed by atoms with Crippen LogP contribution in [0.15, 0.2) is 30.7 Å². The van der Waals surface area contributed by atoms with E-state index in [4.69, 9.17) is 5.73 Å². The van der Waals surface area contributed by atoms with Gasteiger partial charge in [0.05, 0.1) is 17.6 Å². The number of pyridine rings is 1. The van der Waals surface area contributed by atoms with Crippen LogP contribution in [0.1, 0.15) is 15.2 Å². The van der Waals surface area contributed by atoms with Gasteiger partial charge in [0.1, 0.15) is 0 Å². The summed E-state index contributed by atoms with van der Waals surface area (Å²) in [5.41, 5.74) is 5.81. The number of hydrogen-bond donors (Lipinski definition) is 2. The maximum absolute atomic E-state index is 11.8. The summed E-state index contributed by atoms with van der Waals surface area (Å²) < 4.78 is 0. The Bertz CT molecular complexity index is 597. The number of nitrogens with one attached hydrogen (secondary N) is 1. The maximum atomic E-state index is 11.8. The molecule has 0 spiro atoms. The first-order valence-electron chi connectivity index (χ1n) is 5.16. The number of nitrogens with zero attached hydrogens (tertiary/aromatic N) is 2. The van der Waals surface area contributed by atoms with Crippen LogP contribution in [0.2, 0.25) is 0 Å². The van der Waals surface area contributed by atoms with Crippen LogP contribution in [0.5, 0.6) is 0 Å². The minimum atomic E-state index is -0.218. The van der Waals surface area contributed by atoms with Crippen molar-refractivity contribution in [1.29, 1.82) is 0 Å². The van der Waals surface area contributed by atoms with E-state index in [0.717, 1.165) is 4.88 Å². The lowest BCUT2D eigenvalue weighted by molar-refractivity contribution is 0.102. The first-order valence-corrected chi connectivity index (χ1v) is 5.97. The SMILES string of the molecule is NCC#Cc1cnc(NC(=O)c2ccncc2)s1. The van der Waals surface area contributed by atoms with Crippen LogP contribution in [0.25, 0.3) is 0 Å². The van der Waals surface area contributed by atoms with Crippen molar-refractivity contribution in [2.24, 2.45) is 5.73 Å². The average Bonchev–Trinajstić information content (AvgIpc) is 2.85. The molecule has 0 aromatic carbocycles. The second kappa shape index (κ2) is 5.91. The lowest BCUT2D eigenvalue weighted by atomic mass is 10.2. The molecular formula is C12H10N4OS. The summed E-state index contributed by atoms with van der Waals surface area (Å²) in [6.07, 6.45) is 4.74. The normalized spacial score (nSPS) is 9.39. The summed E-state index contributed by atoms with van der Waals surface area (Å²) in [6, 6.07) is 3.27. The zero-order valence-corrected chi connectivity index (χ0v) is 10.2. The van der Waals surface area contributed by atoms with Crippen molar-refractivity contribution in [3.63, 3.8) is 0 Å². The first-order chi connectivity index (χ1) is 8.79. The van der Waals surface area contributed by atoms with Gasteiger partial charge in [0.2, 0.25) is 0 Å². The van der Waals surface area contributed by atoms with Crippen molar-refractivity contribution in [3.05, 3.63) is 41.2 Å². The van der Waals surface area contributed by atoms with E-state index in [2.05, 4.69) is 27.1 Å². The molecule has 2 aromatic rings. The average molecular weight is 258 g/mol. The molecular weight excluding hydrogens is 248 g/mol. The van der Waals surface area contributed by atoms with E-state index in [1.165, 1.54) is 11.3 Å². The van der Waals surface area contributed by atoms with Crippen LogP contribution in [0, 0.1) is 11.8 Å². The van der Waals surface area contributed by atoms with Gasteiger partial charge in [-0.15, -0.1) is 0 Å². The molecule has 0 unspecified atom stereocenters. The molecule has 2 rings (SSSR count). The minimum absolute atomic E-state index is 0.218. The molecule has 90 valence electrons. The molecule has 0 saturated heterocycles. The summed E-state index contributed by atoms with van der Waals surface area (Å²) in [7, 11) is 0. The Labute approximate surface area is 108 Å². The molecule has 18 heavy (non-hydrogen) atoms. The lowest BCUT2D eigenvalue weighted by Gasteiger charge is -1.99. The number of thiazole rings is 1. The predicted molar refractivity (Wildman–Crippen MR) is 70.2 cm³/mol. The molecule has 0 aliphatic heterocycles. The molecule has 5 nitrogen and oxygen atoms in total. The highest BCUT2D eigenvalue weighted by Gasteiger charge is 2.07. The Balaban J connectivity index is 2.06. The second-order valence-corrected chi connectivity index (χ2v) is 4.26. The van der Waals surface area contributed by atoms with E-state index in [1.54, 1.807) is 30.7 Å². The highest BCUT2D eigenvalue weighted by molar-refractivity contribution is 7.16. The van der Waals surface area contributed by atoms with Crippen LogP contribution in [0.4, 0.5) is 5.13 Å². The number of carbonyl (C=O) groups excluding carboxylic acids is 1. The van der Waals surface area contributed by atoms with Gasteiger partial charge >= 0.3 is 0 Å². The van der Waals surface area contributed by atoms with Gasteiger partial charge in [0.15, 0.2) is 5.13 Å². The number of anilines is 1. The highest BCUT2D eigenvalue weighted by atomic mass is 32.1. The lowest BCUT2D eigenvalue weighted by Crippen LogP contribution is -2.11. The molecule has 0 fully saturated rings. The van der Waals surface area contributed by atoms with E-state index in [-0.39, 0.29) is 5.91 Å². The van der Waals surface area contributed by atoms with Crippen molar-refractivity contribution < 1.29 is 4.79 Å². The monoisotopic (exact) mass is 258 g/mol. The minimum Gasteiger partial charge on any atom is -0.320 e. The van der Waals surface area contributed by atoms with Crippen molar-refractivity contribution >= 4 is 22.4 Å². The Kier molecular flexibility index (Phi) is 4.02. The van der Waals surface area contributed by atoms with Gasteiger partial charge in [-0.2, -0.15) is 0 Å². The van der Waals surface area contributed by atoms with E-state index in [0.29, 0.717) is 17.2 Å². The third-order valence-electron chi connectivity index (χ3n) is 1.98. The number of amides is 1. The van der Waals surface area contributed by atoms with Gasteiger partial charge in [0, 0.05) is 18.0 Å². The predicted octanol–water partition coefficient (Wildman–Crippen LogP) is 1.10. The maximum Gasteiger partial charge on any atom is 0.257 e. The van der Waals surface area contributed by atoms with Crippen LogP contribution < -0.4 is 11.1 Å². The third kappa shape index (κ3) is 3.13. The molecule has 0 bridgehead atoms. The van der Waals surface area contributed by atoms with Crippen LogP contribution in [-0.2, 0) is 0 Å². The van der Waals surface area contributed by atoms with Crippen molar-refractivity contribution in [1.82, 2.24) is 9.97 Å². The molecule has 1 amide bonds. The molecule has 2 heterocycles. The number of carbonyl (C=O) groups is 1. The van der Waals surface area contributed by atoms with Crippen LogP contribution in [-0.4, -0.2) is 22.4 Å². The van der Waals surface area contributed by atoms with Crippen molar-refractivity contribution in [2.75, 3.05) is 11.9 Å². The van der Waals surface area contributed by atoms with E-state index < -0.39 is 0 Å². The molecule has 0 aliphatic carbocycles. The van der Waals surface area contributed by atoms with Crippen molar-refractivity contribution in [2.45, 2.75) is 0 Å². The van der Waals surface area contributed by atoms with Gasteiger partial charge < -0.3 is 5.73 Å². The fourth-order valence-corrected chi connectivity index (χ4v) is 1.89.